The summed E-state index contributed by atoms with van der Waals surface area (Å²) in [6.45, 7) is 6.88. The Morgan fingerprint density at radius 1 is 1.33 bits per heavy atom. The van der Waals surface area contributed by atoms with Crippen LogP contribution in [0.4, 0.5) is 0 Å². The number of carbonyl (C=O) groups is 2. The highest BCUT2D eigenvalue weighted by Crippen LogP contribution is 2.20. The van der Waals surface area contributed by atoms with Gasteiger partial charge in [0, 0.05) is 32.5 Å². The van der Waals surface area contributed by atoms with Gasteiger partial charge in [0.15, 0.2) is 0 Å². The van der Waals surface area contributed by atoms with E-state index in [2.05, 4.69) is 11.4 Å². The molecule has 0 aliphatic heterocycles. The average molecular weight is 294 g/mol. The first-order valence-corrected chi connectivity index (χ1v) is 8.25. The SMILES string of the molecule is CCC(C)NC(=O)CCN(CCC1=CCCCC1)C(C)=O. The van der Waals surface area contributed by atoms with Gasteiger partial charge in [-0.15, -0.1) is 0 Å². The Kier molecular flexibility index (Phi) is 8.09. The fraction of sp³-hybridized carbons (Fsp3) is 0.765. The zero-order valence-electron chi connectivity index (χ0n) is 13.8. The van der Waals surface area contributed by atoms with Crippen LogP contribution in [0.2, 0.25) is 0 Å². The number of allylic oxidation sites excluding steroid dienone is 1. The van der Waals surface area contributed by atoms with Crippen LogP contribution in [0.5, 0.6) is 0 Å². The van der Waals surface area contributed by atoms with Crippen LogP contribution in [0.1, 0.15) is 65.7 Å². The molecule has 0 aromatic rings. The second-order valence-corrected chi connectivity index (χ2v) is 5.99. The summed E-state index contributed by atoms with van der Waals surface area (Å²) in [6.07, 6.45) is 9.48. The van der Waals surface area contributed by atoms with Gasteiger partial charge >= 0.3 is 0 Å². The van der Waals surface area contributed by atoms with Crippen LogP contribution in [-0.4, -0.2) is 35.8 Å². The van der Waals surface area contributed by atoms with Crippen molar-refractivity contribution in [3.05, 3.63) is 11.6 Å². The Bertz CT molecular complexity index is 377. The minimum atomic E-state index is 0.0347. The predicted octanol–water partition coefficient (Wildman–Crippen LogP) is 3.03. The number of hydrogen-bond donors (Lipinski definition) is 1. The maximum atomic E-state index is 11.8. The fourth-order valence-electron chi connectivity index (χ4n) is 2.52. The largest absolute Gasteiger partial charge is 0.354 e. The van der Waals surface area contributed by atoms with E-state index in [1.54, 1.807) is 11.8 Å². The van der Waals surface area contributed by atoms with Gasteiger partial charge in [-0.05, 0) is 45.4 Å². The van der Waals surface area contributed by atoms with Crippen LogP contribution in [-0.2, 0) is 9.59 Å². The number of amides is 2. The molecule has 0 bridgehead atoms. The molecule has 1 aliphatic rings. The smallest absolute Gasteiger partial charge is 0.221 e. The van der Waals surface area contributed by atoms with E-state index in [-0.39, 0.29) is 17.9 Å². The van der Waals surface area contributed by atoms with Crippen molar-refractivity contribution in [2.45, 2.75) is 71.8 Å². The molecule has 0 heterocycles. The van der Waals surface area contributed by atoms with Crippen LogP contribution in [0.25, 0.3) is 0 Å². The summed E-state index contributed by atoms with van der Waals surface area (Å²) in [5.41, 5.74) is 1.47. The van der Waals surface area contributed by atoms with Crippen molar-refractivity contribution in [1.82, 2.24) is 10.2 Å². The molecule has 1 N–H and O–H groups in total. The monoisotopic (exact) mass is 294 g/mol. The number of nitrogens with one attached hydrogen (secondary N) is 1. The van der Waals surface area contributed by atoms with Crippen LogP contribution < -0.4 is 5.32 Å². The molecule has 4 nitrogen and oxygen atoms in total. The minimum absolute atomic E-state index is 0.0347. The molecule has 0 fully saturated rings. The third-order valence-electron chi connectivity index (χ3n) is 4.16. The van der Waals surface area contributed by atoms with Crippen molar-refractivity contribution in [2.24, 2.45) is 0 Å². The average Bonchev–Trinajstić information content (AvgIpc) is 2.47. The standard InChI is InChI=1S/C17H30N2O2/c1-4-14(2)18-17(21)11-13-19(15(3)20)12-10-16-8-6-5-7-9-16/h8,14H,4-7,9-13H2,1-3H3,(H,18,21). The molecule has 0 saturated heterocycles. The molecule has 1 aliphatic carbocycles. The fourth-order valence-corrected chi connectivity index (χ4v) is 2.52. The van der Waals surface area contributed by atoms with Crippen LogP contribution in [0.3, 0.4) is 0 Å². The van der Waals surface area contributed by atoms with Crippen molar-refractivity contribution in [3.8, 4) is 0 Å². The number of hydrogen-bond acceptors (Lipinski definition) is 2. The van der Waals surface area contributed by atoms with Crippen LogP contribution in [0, 0.1) is 0 Å². The molecular formula is C17H30N2O2. The highest BCUT2D eigenvalue weighted by molar-refractivity contribution is 5.78. The summed E-state index contributed by atoms with van der Waals surface area (Å²) < 4.78 is 0. The molecule has 1 rings (SSSR count). The van der Waals surface area contributed by atoms with E-state index in [0.717, 1.165) is 19.4 Å². The van der Waals surface area contributed by atoms with Gasteiger partial charge in [-0.1, -0.05) is 18.6 Å². The maximum Gasteiger partial charge on any atom is 0.221 e. The van der Waals surface area contributed by atoms with E-state index >= 15 is 0 Å². The van der Waals surface area contributed by atoms with E-state index in [1.165, 1.54) is 31.3 Å². The van der Waals surface area contributed by atoms with E-state index in [4.69, 9.17) is 0 Å². The van der Waals surface area contributed by atoms with Gasteiger partial charge in [0.25, 0.3) is 0 Å². The summed E-state index contributed by atoms with van der Waals surface area (Å²) in [4.78, 5) is 25.3. The number of rotatable bonds is 8. The summed E-state index contributed by atoms with van der Waals surface area (Å²) >= 11 is 0. The molecule has 0 saturated carbocycles. The molecule has 0 spiro atoms. The molecule has 4 heteroatoms. The Hall–Kier alpha value is -1.32. The number of nitrogens with zero attached hydrogens (tertiary/aromatic N) is 1. The molecule has 0 aromatic heterocycles. The molecule has 0 radical (unpaired) electrons. The highest BCUT2D eigenvalue weighted by atomic mass is 16.2. The second-order valence-electron chi connectivity index (χ2n) is 5.99. The van der Waals surface area contributed by atoms with E-state index < -0.39 is 0 Å². The summed E-state index contributed by atoms with van der Waals surface area (Å²) in [7, 11) is 0. The molecule has 2 amide bonds. The molecular weight excluding hydrogens is 264 g/mol. The predicted molar refractivity (Wildman–Crippen MR) is 85.9 cm³/mol. The summed E-state index contributed by atoms with van der Waals surface area (Å²) in [6, 6.07) is 0.204. The highest BCUT2D eigenvalue weighted by Gasteiger charge is 2.13. The van der Waals surface area contributed by atoms with Crippen molar-refractivity contribution < 1.29 is 9.59 Å². The Labute approximate surface area is 129 Å². The van der Waals surface area contributed by atoms with Gasteiger partial charge < -0.3 is 10.2 Å². The molecule has 120 valence electrons. The molecule has 1 atom stereocenters. The lowest BCUT2D eigenvalue weighted by atomic mass is 9.97. The lowest BCUT2D eigenvalue weighted by molar-refractivity contribution is -0.129. The molecule has 0 aromatic carbocycles. The Balaban J connectivity index is 2.34. The van der Waals surface area contributed by atoms with E-state index in [9.17, 15) is 9.59 Å². The van der Waals surface area contributed by atoms with Gasteiger partial charge in [-0.25, -0.2) is 0 Å². The van der Waals surface area contributed by atoms with Crippen molar-refractivity contribution in [2.75, 3.05) is 13.1 Å². The zero-order chi connectivity index (χ0) is 15.7. The maximum absolute atomic E-state index is 11.8. The Morgan fingerprint density at radius 2 is 2.10 bits per heavy atom. The van der Waals surface area contributed by atoms with Crippen molar-refractivity contribution in [3.63, 3.8) is 0 Å². The Morgan fingerprint density at radius 3 is 2.67 bits per heavy atom. The van der Waals surface area contributed by atoms with Gasteiger partial charge in [0.2, 0.25) is 11.8 Å². The minimum Gasteiger partial charge on any atom is -0.354 e. The van der Waals surface area contributed by atoms with Crippen molar-refractivity contribution >= 4 is 11.8 Å². The van der Waals surface area contributed by atoms with Crippen molar-refractivity contribution in [1.29, 1.82) is 0 Å². The van der Waals surface area contributed by atoms with Gasteiger partial charge in [-0.3, -0.25) is 9.59 Å². The normalized spacial score (nSPS) is 16.0. The first-order valence-electron chi connectivity index (χ1n) is 8.25. The number of carbonyl (C=O) groups excluding carboxylic acids is 2. The van der Waals surface area contributed by atoms with Gasteiger partial charge in [-0.2, -0.15) is 0 Å². The van der Waals surface area contributed by atoms with E-state index in [1.807, 2.05) is 13.8 Å². The summed E-state index contributed by atoms with van der Waals surface area (Å²) in [5.74, 6) is 0.0928. The first-order chi connectivity index (χ1) is 10.0. The quantitative estimate of drug-likeness (QED) is 0.700. The lowest BCUT2D eigenvalue weighted by Crippen LogP contribution is -2.37. The zero-order valence-corrected chi connectivity index (χ0v) is 13.8. The first kappa shape index (κ1) is 17.7. The van der Waals surface area contributed by atoms with Gasteiger partial charge in [0.05, 0.1) is 0 Å². The molecule has 1 unspecified atom stereocenters. The topological polar surface area (TPSA) is 49.4 Å². The van der Waals surface area contributed by atoms with E-state index in [0.29, 0.717) is 13.0 Å². The summed E-state index contributed by atoms with van der Waals surface area (Å²) in [5, 5.41) is 2.94. The second kappa shape index (κ2) is 9.59. The van der Waals surface area contributed by atoms with Crippen LogP contribution in [0.15, 0.2) is 11.6 Å². The third-order valence-corrected chi connectivity index (χ3v) is 4.16. The van der Waals surface area contributed by atoms with Crippen LogP contribution >= 0.6 is 0 Å². The third kappa shape index (κ3) is 7.30. The van der Waals surface area contributed by atoms with Gasteiger partial charge in [0.1, 0.15) is 0 Å². The molecule has 21 heavy (non-hydrogen) atoms. The lowest BCUT2D eigenvalue weighted by Gasteiger charge is -2.23.